The molecule has 6 nitrogen and oxygen atoms in total. The predicted octanol–water partition coefficient (Wildman–Crippen LogP) is 3.01. The molecule has 0 spiro atoms. The largest absolute Gasteiger partial charge is 0.507 e. The highest BCUT2D eigenvalue weighted by molar-refractivity contribution is 9.10. The van der Waals surface area contributed by atoms with Gasteiger partial charge in [-0.05, 0) is 42.5 Å². The molecular formula is C15H11Br2N3O3. The van der Waals surface area contributed by atoms with Crippen LogP contribution < -0.4 is 10.7 Å². The van der Waals surface area contributed by atoms with Crippen LogP contribution in [-0.4, -0.2) is 23.1 Å². The highest BCUT2D eigenvalue weighted by Crippen LogP contribution is 2.19. The lowest BCUT2D eigenvalue weighted by Gasteiger charge is -2.04. The Labute approximate surface area is 148 Å². The van der Waals surface area contributed by atoms with E-state index < -0.39 is 11.8 Å². The lowest BCUT2D eigenvalue weighted by molar-refractivity contribution is -0.136. The first kappa shape index (κ1) is 17.2. The van der Waals surface area contributed by atoms with E-state index >= 15 is 0 Å². The molecule has 2 aromatic carbocycles. The van der Waals surface area contributed by atoms with Crippen LogP contribution in [0.1, 0.15) is 5.56 Å². The highest BCUT2D eigenvalue weighted by atomic mass is 79.9. The Balaban J connectivity index is 1.93. The first-order valence-electron chi connectivity index (χ1n) is 6.34. The van der Waals surface area contributed by atoms with Gasteiger partial charge < -0.3 is 10.4 Å². The van der Waals surface area contributed by atoms with Crippen LogP contribution in [0.4, 0.5) is 5.69 Å². The van der Waals surface area contributed by atoms with Crippen LogP contribution in [-0.2, 0) is 9.59 Å². The average molecular weight is 441 g/mol. The zero-order chi connectivity index (χ0) is 16.8. The lowest BCUT2D eigenvalue weighted by Crippen LogP contribution is -2.32. The van der Waals surface area contributed by atoms with Gasteiger partial charge in [0.15, 0.2) is 0 Å². The van der Waals surface area contributed by atoms with Crippen LogP contribution in [0.15, 0.2) is 56.5 Å². The molecule has 0 aliphatic heterocycles. The number of rotatable bonds is 3. The van der Waals surface area contributed by atoms with Gasteiger partial charge in [0.25, 0.3) is 0 Å². The quantitative estimate of drug-likeness (QED) is 0.389. The SMILES string of the molecule is O=C(NN=Cc1cc(Br)ccc1O)C(=O)Nc1ccc(Br)cc1. The van der Waals surface area contributed by atoms with Gasteiger partial charge in [-0.1, -0.05) is 31.9 Å². The summed E-state index contributed by atoms with van der Waals surface area (Å²) in [5.74, 6) is -1.76. The van der Waals surface area contributed by atoms with Gasteiger partial charge in [0, 0.05) is 20.2 Å². The molecule has 2 aromatic rings. The number of anilines is 1. The first-order chi connectivity index (χ1) is 11.0. The zero-order valence-corrected chi connectivity index (χ0v) is 14.8. The smallest absolute Gasteiger partial charge is 0.329 e. The molecule has 0 heterocycles. The van der Waals surface area contributed by atoms with E-state index in [4.69, 9.17) is 0 Å². The maximum atomic E-state index is 11.7. The molecular weight excluding hydrogens is 430 g/mol. The molecule has 0 aliphatic rings. The fraction of sp³-hybridized carbons (Fsp3) is 0. The number of nitrogens with one attached hydrogen (secondary N) is 2. The minimum atomic E-state index is -0.918. The van der Waals surface area contributed by atoms with Crippen molar-refractivity contribution in [1.29, 1.82) is 0 Å². The van der Waals surface area contributed by atoms with Crippen molar-refractivity contribution in [2.24, 2.45) is 5.10 Å². The third-order valence-electron chi connectivity index (χ3n) is 2.67. The van der Waals surface area contributed by atoms with Gasteiger partial charge >= 0.3 is 11.8 Å². The summed E-state index contributed by atoms with van der Waals surface area (Å²) in [6.07, 6.45) is 1.24. The van der Waals surface area contributed by atoms with Crippen molar-refractivity contribution in [3.8, 4) is 5.75 Å². The van der Waals surface area contributed by atoms with Crippen LogP contribution in [0.5, 0.6) is 5.75 Å². The molecule has 0 unspecified atom stereocenters. The molecule has 0 aromatic heterocycles. The Morgan fingerprint density at radius 2 is 1.65 bits per heavy atom. The van der Waals surface area contributed by atoms with Gasteiger partial charge in [-0.15, -0.1) is 0 Å². The van der Waals surface area contributed by atoms with Gasteiger partial charge in [-0.25, -0.2) is 5.43 Å². The molecule has 8 heteroatoms. The van der Waals surface area contributed by atoms with E-state index in [-0.39, 0.29) is 5.75 Å². The molecule has 0 aliphatic carbocycles. The average Bonchev–Trinajstić information content (AvgIpc) is 2.52. The topological polar surface area (TPSA) is 90.8 Å². The molecule has 2 rings (SSSR count). The number of phenolic OH excluding ortho intramolecular Hbond substituents is 1. The van der Waals surface area contributed by atoms with Crippen molar-refractivity contribution in [3.63, 3.8) is 0 Å². The van der Waals surface area contributed by atoms with Crippen LogP contribution in [0.3, 0.4) is 0 Å². The number of carbonyl (C=O) groups is 2. The number of benzene rings is 2. The molecule has 2 amide bonds. The molecule has 23 heavy (non-hydrogen) atoms. The van der Waals surface area contributed by atoms with Gasteiger partial charge in [-0.3, -0.25) is 9.59 Å². The summed E-state index contributed by atoms with van der Waals surface area (Å²) in [5.41, 5.74) is 2.98. The van der Waals surface area contributed by atoms with Gasteiger partial charge in [0.2, 0.25) is 0 Å². The van der Waals surface area contributed by atoms with Crippen molar-refractivity contribution in [2.45, 2.75) is 0 Å². The summed E-state index contributed by atoms with van der Waals surface area (Å²) < 4.78 is 1.61. The van der Waals surface area contributed by atoms with Crippen LogP contribution >= 0.6 is 31.9 Å². The molecule has 0 bridgehead atoms. The lowest BCUT2D eigenvalue weighted by atomic mass is 10.2. The summed E-state index contributed by atoms with van der Waals surface area (Å²) in [7, 11) is 0. The number of aromatic hydroxyl groups is 1. The minimum Gasteiger partial charge on any atom is -0.507 e. The van der Waals surface area contributed by atoms with Crippen molar-refractivity contribution in [2.75, 3.05) is 5.32 Å². The summed E-state index contributed by atoms with van der Waals surface area (Å²) >= 11 is 6.53. The van der Waals surface area contributed by atoms with E-state index in [0.29, 0.717) is 11.3 Å². The second-order valence-corrected chi connectivity index (χ2v) is 6.19. The van der Waals surface area contributed by atoms with Crippen LogP contribution in [0.25, 0.3) is 0 Å². The van der Waals surface area contributed by atoms with E-state index in [1.54, 1.807) is 36.4 Å². The number of halogens is 2. The second-order valence-electron chi connectivity index (χ2n) is 4.36. The third kappa shape index (κ3) is 5.19. The van der Waals surface area contributed by atoms with Gasteiger partial charge in [0.05, 0.1) is 6.21 Å². The summed E-state index contributed by atoms with van der Waals surface area (Å²) in [6.45, 7) is 0. The van der Waals surface area contributed by atoms with Crippen LogP contribution in [0, 0.1) is 0 Å². The number of hydrogen-bond donors (Lipinski definition) is 3. The second kappa shape index (κ2) is 7.89. The highest BCUT2D eigenvalue weighted by Gasteiger charge is 2.12. The number of carbonyl (C=O) groups excluding carboxylic acids is 2. The van der Waals surface area contributed by atoms with Crippen molar-refractivity contribution in [3.05, 3.63) is 57.0 Å². The maximum Gasteiger partial charge on any atom is 0.329 e. The standard InChI is InChI=1S/C15H11Br2N3O3/c16-10-1-4-12(5-2-10)19-14(22)15(23)20-18-8-9-7-11(17)3-6-13(9)21/h1-8,21H,(H,19,22)(H,20,23). The zero-order valence-electron chi connectivity index (χ0n) is 11.6. The van der Waals surface area contributed by atoms with E-state index in [0.717, 1.165) is 8.95 Å². The van der Waals surface area contributed by atoms with Crippen LogP contribution in [0.2, 0.25) is 0 Å². The fourth-order valence-electron chi connectivity index (χ4n) is 1.56. The normalized spacial score (nSPS) is 10.5. The van der Waals surface area contributed by atoms with Crippen molar-refractivity contribution < 1.29 is 14.7 Å². The Kier molecular flexibility index (Phi) is 5.89. The fourth-order valence-corrected chi connectivity index (χ4v) is 2.20. The molecule has 0 fully saturated rings. The Morgan fingerprint density at radius 3 is 2.35 bits per heavy atom. The van der Waals surface area contributed by atoms with Gasteiger partial charge in [0.1, 0.15) is 5.75 Å². The Morgan fingerprint density at radius 1 is 1.00 bits per heavy atom. The monoisotopic (exact) mass is 439 g/mol. The van der Waals surface area contributed by atoms with Gasteiger partial charge in [-0.2, -0.15) is 5.10 Å². The Hall–Kier alpha value is -2.19. The van der Waals surface area contributed by atoms with E-state index in [1.807, 2.05) is 0 Å². The molecule has 0 atom stereocenters. The molecule has 0 saturated heterocycles. The van der Waals surface area contributed by atoms with E-state index in [1.165, 1.54) is 12.3 Å². The van der Waals surface area contributed by atoms with Crippen molar-refractivity contribution >= 4 is 55.6 Å². The maximum absolute atomic E-state index is 11.7. The summed E-state index contributed by atoms with van der Waals surface area (Å²) in [5, 5.41) is 15.7. The molecule has 0 radical (unpaired) electrons. The third-order valence-corrected chi connectivity index (χ3v) is 3.69. The number of hydrazone groups is 1. The number of phenols is 1. The Bertz CT molecular complexity index is 761. The molecule has 3 N–H and O–H groups in total. The first-order valence-corrected chi connectivity index (χ1v) is 7.93. The number of nitrogens with zero attached hydrogens (tertiary/aromatic N) is 1. The molecule has 118 valence electrons. The van der Waals surface area contributed by atoms with Crippen molar-refractivity contribution in [1.82, 2.24) is 5.43 Å². The predicted molar refractivity (Wildman–Crippen MR) is 94.3 cm³/mol. The molecule has 0 saturated carbocycles. The van der Waals surface area contributed by atoms with E-state index in [9.17, 15) is 14.7 Å². The minimum absolute atomic E-state index is 0.00510. The summed E-state index contributed by atoms with van der Waals surface area (Å²) in [4.78, 5) is 23.3. The number of amides is 2. The summed E-state index contributed by atoms with van der Waals surface area (Å²) in [6, 6.07) is 11.5. The number of hydrogen-bond acceptors (Lipinski definition) is 4. The van der Waals surface area contributed by atoms with E-state index in [2.05, 4.69) is 47.7 Å².